The molecule has 1 heterocycles. The van der Waals surface area contributed by atoms with Gasteiger partial charge in [-0.25, -0.2) is 0 Å². The van der Waals surface area contributed by atoms with Crippen LogP contribution in [0.4, 0.5) is 5.69 Å². The minimum atomic E-state index is -2.59. The highest BCUT2D eigenvalue weighted by Crippen LogP contribution is 1.97. The van der Waals surface area contributed by atoms with Crippen LogP contribution in [0.1, 0.15) is 13.9 Å². The number of nitrogen functional groups attached to an aromatic ring is 1. The van der Waals surface area contributed by atoms with E-state index in [4.69, 9.17) is 14.0 Å². The van der Waals surface area contributed by atoms with E-state index in [1.807, 2.05) is 0 Å². The Kier molecular flexibility index (Phi) is 0.334. The molecule has 8 heavy (non-hydrogen) atoms. The molecule has 0 bridgehead atoms. The van der Waals surface area contributed by atoms with Gasteiger partial charge in [0.1, 0.15) is 0 Å². The predicted molar refractivity (Wildman–Crippen MR) is 33.4 cm³/mol. The molecule has 0 saturated carbocycles. The van der Waals surface area contributed by atoms with E-state index >= 15 is 0 Å². The highest BCUT2D eigenvalue weighted by atomic mass is 14.7. The van der Waals surface area contributed by atoms with Crippen LogP contribution < -0.4 is 5.73 Å². The lowest BCUT2D eigenvalue weighted by Gasteiger charge is -1.89. The molecule has 2 heteroatoms. The number of hydrogen-bond acceptors (Lipinski definition) is 2. The fourth-order valence-electron chi connectivity index (χ4n) is 0.299. The number of aryl methyl sites for hydroxylation is 1. The highest BCUT2D eigenvalue weighted by molar-refractivity contribution is 5.34. The van der Waals surface area contributed by atoms with Gasteiger partial charge in [0.2, 0.25) is 0 Å². The van der Waals surface area contributed by atoms with Crippen LogP contribution in [-0.4, -0.2) is 4.98 Å². The van der Waals surface area contributed by atoms with Gasteiger partial charge in [0.25, 0.3) is 0 Å². The zero-order valence-electron chi connectivity index (χ0n) is 10.0. The fourth-order valence-corrected chi connectivity index (χ4v) is 0.299. The fraction of sp³-hybridized carbons (Fsp3) is 0.167. The molecule has 0 amide bonds. The van der Waals surface area contributed by atoms with Crippen LogP contribution in [0.3, 0.4) is 0 Å². The molecule has 0 aliphatic rings. The second-order valence-corrected chi connectivity index (χ2v) is 1.24. The molecule has 1 aromatic rings. The molecule has 0 fully saturated rings. The molecule has 0 atom stereocenters. The molecular weight excluding hydrogens is 100 g/mol. The van der Waals surface area contributed by atoms with Crippen molar-refractivity contribution in [2.24, 2.45) is 0 Å². The number of hydrogen-bond donors (Lipinski definition) is 1. The van der Waals surface area contributed by atoms with Crippen LogP contribution in [-0.2, 0) is 0 Å². The lowest BCUT2D eigenvalue weighted by Crippen LogP contribution is -1.85. The Morgan fingerprint density at radius 1 is 1.88 bits per heavy atom. The van der Waals surface area contributed by atoms with Crippen molar-refractivity contribution in [1.82, 2.24) is 4.98 Å². The second-order valence-electron chi connectivity index (χ2n) is 1.24. The van der Waals surface area contributed by atoms with Crippen molar-refractivity contribution in [2.45, 2.75) is 6.85 Å². The van der Waals surface area contributed by atoms with Gasteiger partial charge in [-0.1, -0.05) is 0 Å². The van der Waals surface area contributed by atoms with Crippen molar-refractivity contribution in [3.63, 3.8) is 0 Å². The van der Waals surface area contributed by atoms with Crippen LogP contribution in [0, 0.1) is 6.85 Å². The van der Waals surface area contributed by atoms with E-state index in [1.165, 1.54) is 0 Å². The van der Waals surface area contributed by atoms with E-state index < -0.39 is 30.8 Å². The molecule has 0 saturated heterocycles. The number of nitrogens with two attached hydrogens (primary N) is 1. The van der Waals surface area contributed by atoms with E-state index in [2.05, 4.69) is 4.98 Å². The number of nitrogens with zero attached hydrogens (tertiary/aromatic N) is 1. The summed E-state index contributed by atoms with van der Waals surface area (Å²) in [6.07, 6.45) is -0.475. The summed E-state index contributed by atoms with van der Waals surface area (Å²) in [4.78, 5) is 3.38. The highest BCUT2D eigenvalue weighted by Gasteiger charge is 1.81. The monoisotopic (exact) mass is 114 g/mol. The molecule has 0 aromatic carbocycles. The Bertz CT molecular complexity index is 372. The molecule has 0 aliphatic carbocycles. The summed E-state index contributed by atoms with van der Waals surface area (Å²) < 4.78 is 42.8. The summed E-state index contributed by atoms with van der Waals surface area (Å²) in [5.41, 5.74) is 4.42. The van der Waals surface area contributed by atoms with Crippen molar-refractivity contribution in [2.75, 3.05) is 5.73 Å². The van der Waals surface area contributed by atoms with Gasteiger partial charge in [0, 0.05) is 9.81 Å². The van der Waals surface area contributed by atoms with Crippen molar-refractivity contribution < 1.29 is 8.22 Å². The van der Waals surface area contributed by atoms with E-state index in [9.17, 15) is 0 Å². The first kappa shape index (κ1) is 1.47. The summed E-state index contributed by atoms with van der Waals surface area (Å²) in [7, 11) is 0. The van der Waals surface area contributed by atoms with Gasteiger partial charge in [0.15, 0.2) is 0 Å². The summed E-state index contributed by atoms with van der Waals surface area (Å²) in [6.45, 7) is -2.59. The number of anilines is 1. The topological polar surface area (TPSA) is 38.9 Å². The van der Waals surface area contributed by atoms with Crippen molar-refractivity contribution in [1.29, 1.82) is 0 Å². The zero-order chi connectivity index (χ0) is 11.1. The molecule has 0 spiro atoms. The van der Waals surface area contributed by atoms with Crippen molar-refractivity contribution in [3.8, 4) is 0 Å². The minimum absolute atomic E-state index is 0.275. The molecule has 0 aliphatic heterocycles. The first-order valence-electron chi connectivity index (χ1n) is 4.99. The summed E-state index contributed by atoms with van der Waals surface area (Å²) >= 11 is 0. The van der Waals surface area contributed by atoms with Gasteiger partial charge >= 0.3 is 0 Å². The van der Waals surface area contributed by atoms with Crippen LogP contribution >= 0.6 is 0 Å². The molecule has 42 valence electrons. The number of pyridine rings is 1. The maximum atomic E-state index is 7.32. The smallest absolute Gasteiger partial charge is 0.0862 e. The first-order valence-corrected chi connectivity index (χ1v) is 1.99. The Hall–Kier alpha value is -1.05. The molecule has 0 radical (unpaired) electrons. The van der Waals surface area contributed by atoms with E-state index in [1.54, 1.807) is 0 Å². The molecule has 1 rings (SSSR count). The Morgan fingerprint density at radius 2 is 2.75 bits per heavy atom. The molecular formula is C6H8N2. The maximum absolute atomic E-state index is 7.32. The largest absolute Gasteiger partial charge is 0.397 e. The lowest BCUT2D eigenvalue weighted by atomic mass is 10.4. The quantitative estimate of drug-likeness (QED) is 0.546. The maximum Gasteiger partial charge on any atom is 0.0862 e. The average molecular weight is 114 g/mol. The predicted octanol–water partition coefficient (Wildman–Crippen LogP) is 0.972. The van der Waals surface area contributed by atoms with Gasteiger partial charge < -0.3 is 5.73 Å². The van der Waals surface area contributed by atoms with Crippen LogP contribution in [0.2, 0.25) is 0 Å². The molecule has 0 unspecified atom stereocenters. The Balaban J connectivity index is 3.49. The molecule has 2 nitrogen and oxygen atoms in total. The summed E-state index contributed by atoms with van der Waals surface area (Å²) in [6, 6.07) is -1.00. The Morgan fingerprint density at radius 3 is 3.50 bits per heavy atom. The van der Waals surface area contributed by atoms with Gasteiger partial charge in [-0.15, -0.1) is 0 Å². The zero-order valence-corrected chi connectivity index (χ0v) is 4.02. The van der Waals surface area contributed by atoms with E-state index in [0.29, 0.717) is 0 Å². The SMILES string of the molecule is [2H]c1nc(C([2H])([2H])[2H])c([2H])c([2H])c1N. The van der Waals surface area contributed by atoms with Gasteiger partial charge in [-0.3, -0.25) is 4.98 Å². The van der Waals surface area contributed by atoms with Crippen molar-refractivity contribution >= 4 is 5.69 Å². The van der Waals surface area contributed by atoms with Crippen LogP contribution in [0.15, 0.2) is 18.3 Å². The second kappa shape index (κ2) is 1.82. The van der Waals surface area contributed by atoms with Crippen LogP contribution in [0.25, 0.3) is 0 Å². The van der Waals surface area contributed by atoms with Gasteiger partial charge in [-0.2, -0.15) is 0 Å². The third kappa shape index (κ3) is 0.964. The van der Waals surface area contributed by atoms with Crippen LogP contribution in [0.5, 0.6) is 0 Å². The van der Waals surface area contributed by atoms with E-state index in [0.717, 1.165) is 0 Å². The molecule has 1 aromatic heterocycles. The van der Waals surface area contributed by atoms with E-state index in [-0.39, 0.29) is 5.69 Å². The summed E-state index contributed by atoms with van der Waals surface area (Å²) in [5, 5.41) is 0. The third-order valence-electron chi connectivity index (χ3n) is 0.604. The first-order chi connectivity index (χ1) is 6.25. The van der Waals surface area contributed by atoms with Crippen molar-refractivity contribution in [3.05, 3.63) is 24.0 Å². The Labute approximate surface area is 56.8 Å². The average Bonchev–Trinajstić information content (AvgIpc) is 2.06. The number of aromatic nitrogens is 1. The standard InChI is InChI=1S/C6H8N2/c1-5-2-3-6(7)4-8-5/h2-4H,7H2,1H3/i1D3,2D,3D,4D. The third-order valence-corrected chi connectivity index (χ3v) is 0.604. The molecule has 2 N–H and O–H groups in total. The summed E-state index contributed by atoms with van der Waals surface area (Å²) in [5.74, 6) is 0. The van der Waals surface area contributed by atoms with Gasteiger partial charge in [-0.05, 0) is 18.9 Å². The normalized spacial score (nSPS) is 21.5. The minimum Gasteiger partial charge on any atom is -0.397 e. The van der Waals surface area contributed by atoms with Gasteiger partial charge in [0.05, 0.1) is 16.0 Å². The lowest BCUT2D eigenvalue weighted by molar-refractivity contribution is 1.20. The number of rotatable bonds is 0.